The van der Waals surface area contributed by atoms with Crippen molar-refractivity contribution >= 4 is 46.6 Å². The summed E-state index contributed by atoms with van der Waals surface area (Å²) in [4.78, 5) is 12.5. The summed E-state index contributed by atoms with van der Waals surface area (Å²) in [6, 6.07) is 8.84. The van der Waals surface area contributed by atoms with E-state index in [0.29, 0.717) is 32.1 Å². The fourth-order valence-corrected chi connectivity index (χ4v) is 4.13. The maximum absolute atomic E-state index is 12.5. The van der Waals surface area contributed by atoms with Crippen molar-refractivity contribution in [3.05, 3.63) is 57.1 Å². The first-order valence-electron chi connectivity index (χ1n) is 9.57. The number of hydrogen-bond acceptors (Lipinski definition) is 6. The Morgan fingerprint density at radius 1 is 1.22 bits per heavy atom. The SMILES string of the molecule is Cc1cc(C)c(-n2nnnc2SCC(=O)Nc2ccc(C#CC(C)(C)O)cc2Cl)c(Cl)c1. The van der Waals surface area contributed by atoms with Crippen molar-refractivity contribution in [3.8, 4) is 17.5 Å². The van der Waals surface area contributed by atoms with Crippen LogP contribution >= 0.6 is 35.0 Å². The molecular formula is C22H21Cl2N5O2S. The van der Waals surface area contributed by atoms with Gasteiger partial charge in [0.2, 0.25) is 11.1 Å². The maximum atomic E-state index is 12.5. The fourth-order valence-electron chi connectivity index (χ4n) is 2.82. The van der Waals surface area contributed by atoms with Crippen LogP contribution < -0.4 is 5.32 Å². The van der Waals surface area contributed by atoms with Crippen LogP contribution in [0.3, 0.4) is 0 Å². The normalized spacial score (nSPS) is 11.1. The average Bonchev–Trinajstić information content (AvgIpc) is 3.13. The van der Waals surface area contributed by atoms with Gasteiger partial charge in [-0.2, -0.15) is 4.68 Å². The zero-order valence-electron chi connectivity index (χ0n) is 17.9. The predicted molar refractivity (Wildman–Crippen MR) is 128 cm³/mol. The Hall–Kier alpha value is -2.57. The molecule has 0 unspecified atom stereocenters. The molecule has 0 radical (unpaired) electrons. The second-order valence-corrected chi connectivity index (χ2v) is 9.38. The highest BCUT2D eigenvalue weighted by Crippen LogP contribution is 2.29. The summed E-state index contributed by atoms with van der Waals surface area (Å²) in [5, 5.41) is 25.5. The smallest absolute Gasteiger partial charge is 0.234 e. The number of aromatic nitrogens is 4. The standard InChI is InChI=1S/C22H21Cl2N5O2S/c1-13-9-14(2)20(17(24)10-13)29-21(26-27-28-29)32-12-19(30)25-18-6-5-15(11-16(18)23)7-8-22(3,4)31/h5-6,9-11,31H,12H2,1-4H3,(H,25,30). The monoisotopic (exact) mass is 489 g/mol. The molecule has 10 heteroatoms. The van der Waals surface area contributed by atoms with Crippen LogP contribution in [0.1, 0.15) is 30.5 Å². The van der Waals surface area contributed by atoms with E-state index in [-0.39, 0.29) is 11.7 Å². The molecule has 0 atom stereocenters. The molecule has 166 valence electrons. The highest BCUT2D eigenvalue weighted by molar-refractivity contribution is 7.99. The number of aliphatic hydroxyl groups is 1. The van der Waals surface area contributed by atoms with Gasteiger partial charge in [0.15, 0.2) is 0 Å². The van der Waals surface area contributed by atoms with Crippen LogP contribution in [0.2, 0.25) is 10.0 Å². The number of carbonyl (C=O) groups excluding carboxylic acids is 1. The van der Waals surface area contributed by atoms with Crippen LogP contribution in [0, 0.1) is 25.7 Å². The molecule has 0 bridgehead atoms. The Morgan fingerprint density at radius 2 is 1.97 bits per heavy atom. The van der Waals surface area contributed by atoms with E-state index in [1.807, 2.05) is 26.0 Å². The molecule has 0 saturated heterocycles. The van der Waals surface area contributed by atoms with Crippen molar-refractivity contribution in [2.45, 2.75) is 38.5 Å². The minimum absolute atomic E-state index is 0.0689. The largest absolute Gasteiger partial charge is 0.378 e. The predicted octanol–water partition coefficient (Wildman–Crippen LogP) is 4.44. The van der Waals surface area contributed by atoms with Gasteiger partial charge in [0, 0.05) is 5.56 Å². The molecule has 2 N–H and O–H groups in total. The number of nitrogens with zero attached hydrogens (tertiary/aromatic N) is 4. The third-order valence-electron chi connectivity index (χ3n) is 4.14. The van der Waals surface area contributed by atoms with Gasteiger partial charge in [0.05, 0.1) is 27.2 Å². The molecule has 0 aliphatic heterocycles. The number of halogens is 2. The van der Waals surface area contributed by atoms with E-state index in [4.69, 9.17) is 23.2 Å². The lowest BCUT2D eigenvalue weighted by atomic mass is 10.1. The Balaban J connectivity index is 1.68. The van der Waals surface area contributed by atoms with Gasteiger partial charge in [-0.15, -0.1) is 5.10 Å². The fraction of sp³-hybridized carbons (Fsp3) is 0.273. The molecule has 7 nitrogen and oxygen atoms in total. The van der Waals surface area contributed by atoms with Gasteiger partial charge >= 0.3 is 0 Å². The van der Waals surface area contributed by atoms with E-state index in [1.54, 1.807) is 32.0 Å². The zero-order valence-corrected chi connectivity index (χ0v) is 20.2. The van der Waals surface area contributed by atoms with E-state index < -0.39 is 5.60 Å². The van der Waals surface area contributed by atoms with Crippen LogP contribution in [-0.4, -0.2) is 42.6 Å². The first-order valence-corrected chi connectivity index (χ1v) is 11.3. The number of aryl methyl sites for hydroxylation is 2. The van der Waals surface area contributed by atoms with Gasteiger partial charge in [-0.05, 0) is 73.5 Å². The lowest BCUT2D eigenvalue weighted by molar-refractivity contribution is -0.113. The van der Waals surface area contributed by atoms with E-state index in [9.17, 15) is 9.90 Å². The van der Waals surface area contributed by atoms with Crippen LogP contribution in [0.4, 0.5) is 5.69 Å². The third-order valence-corrected chi connectivity index (χ3v) is 5.66. The van der Waals surface area contributed by atoms with Crippen molar-refractivity contribution in [3.63, 3.8) is 0 Å². The number of hydrogen-bond donors (Lipinski definition) is 2. The Labute approximate surface area is 200 Å². The lowest BCUT2D eigenvalue weighted by Crippen LogP contribution is -2.15. The second kappa shape index (κ2) is 9.92. The van der Waals surface area contributed by atoms with Crippen molar-refractivity contribution in [2.75, 3.05) is 11.1 Å². The number of thioether (sulfide) groups is 1. The quantitative estimate of drug-likeness (QED) is 0.406. The number of anilines is 1. The third kappa shape index (κ3) is 6.24. The molecule has 1 amide bonds. The summed E-state index contributed by atoms with van der Waals surface area (Å²) in [5.41, 5.74) is 2.63. The average molecular weight is 490 g/mol. The molecule has 0 saturated carbocycles. The van der Waals surface area contributed by atoms with Gasteiger partial charge < -0.3 is 10.4 Å². The van der Waals surface area contributed by atoms with E-state index >= 15 is 0 Å². The first-order chi connectivity index (χ1) is 15.0. The molecule has 0 aliphatic carbocycles. The van der Waals surface area contributed by atoms with Gasteiger partial charge in [-0.1, -0.05) is 52.9 Å². The van der Waals surface area contributed by atoms with Crippen molar-refractivity contribution in [2.24, 2.45) is 0 Å². The van der Waals surface area contributed by atoms with E-state index in [1.165, 1.54) is 16.4 Å². The van der Waals surface area contributed by atoms with Gasteiger partial charge in [-0.3, -0.25) is 4.79 Å². The van der Waals surface area contributed by atoms with Crippen molar-refractivity contribution in [1.29, 1.82) is 0 Å². The number of benzene rings is 2. The number of amides is 1. The van der Waals surface area contributed by atoms with E-state index in [2.05, 4.69) is 32.7 Å². The molecule has 1 heterocycles. The Morgan fingerprint density at radius 3 is 2.62 bits per heavy atom. The molecule has 0 fully saturated rings. The molecule has 1 aromatic heterocycles. The molecule has 3 rings (SSSR count). The maximum Gasteiger partial charge on any atom is 0.234 e. The summed E-state index contributed by atoms with van der Waals surface area (Å²) in [5.74, 6) is 5.36. The van der Waals surface area contributed by atoms with Gasteiger partial charge in [0.25, 0.3) is 0 Å². The Kier molecular flexibility index (Phi) is 7.47. The molecule has 3 aromatic rings. The molecule has 2 aromatic carbocycles. The summed E-state index contributed by atoms with van der Waals surface area (Å²) >= 11 is 13.9. The minimum atomic E-state index is -1.10. The molecule has 0 aliphatic rings. The topological polar surface area (TPSA) is 92.9 Å². The molecule has 32 heavy (non-hydrogen) atoms. The summed E-state index contributed by atoms with van der Waals surface area (Å²) in [7, 11) is 0. The molecule has 0 spiro atoms. The van der Waals surface area contributed by atoms with Crippen molar-refractivity contribution < 1.29 is 9.90 Å². The van der Waals surface area contributed by atoms with Gasteiger partial charge in [0.1, 0.15) is 5.60 Å². The van der Waals surface area contributed by atoms with Gasteiger partial charge in [-0.25, -0.2) is 0 Å². The lowest BCUT2D eigenvalue weighted by Gasteiger charge is -2.11. The number of tetrazole rings is 1. The summed E-state index contributed by atoms with van der Waals surface area (Å²) in [6.45, 7) is 7.07. The summed E-state index contributed by atoms with van der Waals surface area (Å²) in [6.07, 6.45) is 0. The number of rotatable bonds is 5. The summed E-state index contributed by atoms with van der Waals surface area (Å²) < 4.78 is 1.53. The highest BCUT2D eigenvalue weighted by Gasteiger charge is 2.17. The number of nitrogens with one attached hydrogen (secondary N) is 1. The van der Waals surface area contributed by atoms with Crippen LogP contribution in [0.15, 0.2) is 35.5 Å². The van der Waals surface area contributed by atoms with Crippen LogP contribution in [-0.2, 0) is 4.79 Å². The second-order valence-electron chi connectivity index (χ2n) is 7.63. The number of carbonyl (C=O) groups is 1. The minimum Gasteiger partial charge on any atom is -0.378 e. The van der Waals surface area contributed by atoms with Crippen LogP contribution in [0.25, 0.3) is 5.69 Å². The molecular weight excluding hydrogens is 469 g/mol. The first kappa shape index (κ1) is 24.1. The Bertz CT molecular complexity index is 1200. The van der Waals surface area contributed by atoms with E-state index in [0.717, 1.165) is 11.1 Å². The van der Waals surface area contributed by atoms with Crippen LogP contribution in [0.5, 0.6) is 0 Å². The zero-order chi connectivity index (χ0) is 23.5. The highest BCUT2D eigenvalue weighted by atomic mass is 35.5. The van der Waals surface area contributed by atoms with Crippen molar-refractivity contribution in [1.82, 2.24) is 20.2 Å².